The minimum absolute atomic E-state index is 0.0986. The minimum atomic E-state index is -1.01. The van der Waals surface area contributed by atoms with Crippen LogP contribution >= 0.6 is 23.4 Å². The van der Waals surface area contributed by atoms with Gasteiger partial charge in [0, 0.05) is 0 Å². The van der Waals surface area contributed by atoms with Crippen molar-refractivity contribution in [3.8, 4) is 11.5 Å². The van der Waals surface area contributed by atoms with Crippen molar-refractivity contribution in [2.75, 3.05) is 14.2 Å². The van der Waals surface area contributed by atoms with Crippen LogP contribution in [0.2, 0.25) is 5.02 Å². The number of hydrogen-bond acceptors (Lipinski definition) is 7. The molecule has 1 saturated heterocycles. The number of halogens is 1. The minimum Gasteiger partial charge on any atom is -0.493 e. The highest BCUT2D eigenvalue weighted by molar-refractivity contribution is 8.18. The van der Waals surface area contributed by atoms with Gasteiger partial charge in [-0.3, -0.25) is 14.5 Å². The molecule has 2 rings (SSSR count). The van der Waals surface area contributed by atoms with E-state index in [0.717, 1.165) is 16.7 Å². The van der Waals surface area contributed by atoms with Gasteiger partial charge >= 0.3 is 5.97 Å². The van der Waals surface area contributed by atoms with Crippen molar-refractivity contribution in [3.05, 3.63) is 27.6 Å². The summed E-state index contributed by atoms with van der Waals surface area (Å²) in [6, 6.07) is 2.26. The highest BCUT2D eigenvalue weighted by atomic mass is 35.5. The maximum Gasteiger partial charge on any atom is 0.328 e. The molecule has 146 valence electrons. The van der Waals surface area contributed by atoms with E-state index in [-0.39, 0.29) is 11.0 Å². The van der Waals surface area contributed by atoms with Crippen molar-refractivity contribution in [2.45, 2.75) is 32.9 Å². The Morgan fingerprint density at radius 1 is 1.22 bits per heavy atom. The quantitative estimate of drug-likeness (QED) is 0.519. The average molecular weight is 414 g/mol. The molecule has 1 atom stereocenters. The third kappa shape index (κ3) is 4.56. The summed E-state index contributed by atoms with van der Waals surface area (Å²) in [5.41, 5.74) is 0.559. The summed E-state index contributed by atoms with van der Waals surface area (Å²) < 4.78 is 15.6. The number of methoxy groups -OCH3 is 2. The molecule has 0 unspecified atom stereocenters. The number of amides is 2. The number of thioether (sulfide) groups is 1. The van der Waals surface area contributed by atoms with E-state index in [2.05, 4.69) is 4.74 Å². The van der Waals surface area contributed by atoms with Crippen LogP contribution in [0, 0.1) is 0 Å². The standard InChI is InChI=1S/C18H20ClNO6S/c1-9(2)26-15-12(19)6-11(7-13(15)24-4)8-14-16(21)20(18(23)27-14)10(3)17(22)25-5/h6-10H,1-5H3/b14-8-/t10-/m0/s1. The number of carbonyl (C=O) groups is 3. The Bertz CT molecular complexity index is 807. The van der Waals surface area contributed by atoms with Gasteiger partial charge in [0.25, 0.3) is 11.1 Å². The number of carbonyl (C=O) groups excluding carboxylic acids is 3. The van der Waals surface area contributed by atoms with Crippen molar-refractivity contribution in [2.24, 2.45) is 0 Å². The first-order chi connectivity index (χ1) is 12.7. The molecule has 1 fully saturated rings. The van der Waals surface area contributed by atoms with E-state index < -0.39 is 23.2 Å². The SMILES string of the molecule is COC(=O)[C@H](C)N1C(=O)S/C(=C\c2cc(Cl)c(OC(C)C)c(OC)c2)C1=O. The van der Waals surface area contributed by atoms with Gasteiger partial charge in [0.05, 0.1) is 30.3 Å². The molecule has 0 spiro atoms. The fraction of sp³-hybridized carbons (Fsp3) is 0.389. The fourth-order valence-electron chi connectivity index (χ4n) is 2.41. The zero-order valence-electron chi connectivity index (χ0n) is 15.6. The van der Waals surface area contributed by atoms with Gasteiger partial charge in [-0.1, -0.05) is 11.6 Å². The number of imide groups is 1. The Morgan fingerprint density at radius 2 is 1.89 bits per heavy atom. The predicted molar refractivity (Wildman–Crippen MR) is 103 cm³/mol. The normalized spacial score (nSPS) is 16.9. The predicted octanol–water partition coefficient (Wildman–Crippen LogP) is 3.73. The van der Waals surface area contributed by atoms with E-state index in [4.69, 9.17) is 21.1 Å². The van der Waals surface area contributed by atoms with Crippen molar-refractivity contribution in [1.29, 1.82) is 0 Å². The molecule has 1 aromatic rings. The molecule has 27 heavy (non-hydrogen) atoms. The molecule has 9 heteroatoms. The molecule has 2 amide bonds. The van der Waals surface area contributed by atoms with E-state index in [1.807, 2.05) is 13.8 Å². The lowest BCUT2D eigenvalue weighted by molar-refractivity contribution is -0.148. The third-order valence-electron chi connectivity index (χ3n) is 3.66. The maximum absolute atomic E-state index is 12.6. The van der Waals surface area contributed by atoms with Crippen molar-refractivity contribution in [1.82, 2.24) is 4.90 Å². The molecule has 1 aromatic carbocycles. The number of esters is 1. The summed E-state index contributed by atoms with van der Waals surface area (Å²) in [6.07, 6.45) is 1.42. The first-order valence-corrected chi connectivity index (χ1v) is 9.28. The second-order valence-electron chi connectivity index (χ2n) is 5.95. The molecule has 7 nitrogen and oxygen atoms in total. The van der Waals surface area contributed by atoms with Gasteiger partial charge in [0.2, 0.25) is 0 Å². The second kappa shape index (κ2) is 8.67. The lowest BCUT2D eigenvalue weighted by atomic mass is 10.1. The summed E-state index contributed by atoms with van der Waals surface area (Å²) in [5, 5.41) is -0.224. The highest BCUT2D eigenvalue weighted by Crippen LogP contribution is 2.39. The summed E-state index contributed by atoms with van der Waals surface area (Å²) in [5.74, 6) is -0.428. The Morgan fingerprint density at radius 3 is 2.44 bits per heavy atom. The van der Waals surface area contributed by atoms with Gasteiger partial charge in [-0.05, 0) is 56.3 Å². The molecule has 0 aromatic heterocycles. The van der Waals surface area contributed by atoms with E-state index in [1.54, 1.807) is 12.1 Å². The van der Waals surface area contributed by atoms with Gasteiger partial charge in [0.15, 0.2) is 11.5 Å². The van der Waals surface area contributed by atoms with Crippen molar-refractivity contribution >= 4 is 46.6 Å². The molecule has 0 bridgehead atoms. The van der Waals surface area contributed by atoms with Crippen LogP contribution in [-0.2, 0) is 14.3 Å². The number of benzene rings is 1. The van der Waals surface area contributed by atoms with Crippen LogP contribution in [0.5, 0.6) is 11.5 Å². The summed E-state index contributed by atoms with van der Waals surface area (Å²) in [6.45, 7) is 5.16. The Hall–Kier alpha value is -2.19. The molecule has 1 aliphatic rings. The average Bonchev–Trinajstić information content (AvgIpc) is 2.88. The van der Waals surface area contributed by atoms with Crippen LogP contribution in [0.25, 0.3) is 6.08 Å². The fourth-order valence-corrected chi connectivity index (χ4v) is 3.59. The smallest absolute Gasteiger partial charge is 0.328 e. The van der Waals surface area contributed by atoms with E-state index in [0.29, 0.717) is 22.1 Å². The van der Waals surface area contributed by atoms with Crippen LogP contribution in [0.3, 0.4) is 0 Å². The van der Waals surface area contributed by atoms with Crippen LogP contribution in [-0.4, -0.2) is 48.4 Å². The van der Waals surface area contributed by atoms with Crippen LogP contribution in [0.1, 0.15) is 26.3 Å². The lowest BCUT2D eigenvalue weighted by Gasteiger charge is -2.18. The molecule has 0 aliphatic carbocycles. The van der Waals surface area contributed by atoms with Gasteiger partial charge < -0.3 is 14.2 Å². The topological polar surface area (TPSA) is 82.1 Å². The monoisotopic (exact) mass is 413 g/mol. The van der Waals surface area contributed by atoms with Gasteiger partial charge in [-0.15, -0.1) is 0 Å². The third-order valence-corrected chi connectivity index (χ3v) is 4.82. The van der Waals surface area contributed by atoms with Gasteiger partial charge in [-0.2, -0.15) is 0 Å². The summed E-state index contributed by atoms with van der Waals surface area (Å²) in [4.78, 5) is 37.4. The zero-order chi connectivity index (χ0) is 20.3. The first kappa shape index (κ1) is 21.1. The van der Waals surface area contributed by atoms with E-state index >= 15 is 0 Å². The molecule has 1 aliphatic heterocycles. The lowest BCUT2D eigenvalue weighted by Crippen LogP contribution is -2.42. The molecule has 0 saturated carbocycles. The van der Waals surface area contributed by atoms with Crippen molar-refractivity contribution in [3.63, 3.8) is 0 Å². The summed E-state index contributed by atoms with van der Waals surface area (Å²) >= 11 is 7.03. The molecular formula is C18H20ClNO6S. The molecule has 0 N–H and O–H groups in total. The number of hydrogen-bond donors (Lipinski definition) is 0. The van der Waals surface area contributed by atoms with Crippen LogP contribution < -0.4 is 9.47 Å². The highest BCUT2D eigenvalue weighted by Gasteiger charge is 2.41. The number of ether oxygens (including phenoxy) is 3. The van der Waals surface area contributed by atoms with Crippen molar-refractivity contribution < 1.29 is 28.6 Å². The van der Waals surface area contributed by atoms with Crippen LogP contribution in [0.15, 0.2) is 17.0 Å². The maximum atomic E-state index is 12.6. The zero-order valence-corrected chi connectivity index (χ0v) is 17.1. The van der Waals surface area contributed by atoms with Gasteiger partial charge in [-0.25, -0.2) is 4.79 Å². The van der Waals surface area contributed by atoms with Crippen LogP contribution in [0.4, 0.5) is 4.79 Å². The molecule has 1 heterocycles. The Kier molecular flexibility index (Phi) is 6.78. The number of rotatable bonds is 6. The van der Waals surface area contributed by atoms with E-state index in [9.17, 15) is 14.4 Å². The largest absolute Gasteiger partial charge is 0.493 e. The number of nitrogens with zero attached hydrogens (tertiary/aromatic N) is 1. The summed E-state index contributed by atoms with van der Waals surface area (Å²) in [7, 11) is 2.68. The first-order valence-electron chi connectivity index (χ1n) is 8.08. The van der Waals surface area contributed by atoms with Gasteiger partial charge in [0.1, 0.15) is 6.04 Å². The second-order valence-corrected chi connectivity index (χ2v) is 7.35. The Labute approximate surface area is 166 Å². The Balaban J connectivity index is 2.36. The van der Waals surface area contributed by atoms with E-state index in [1.165, 1.54) is 27.2 Å². The molecule has 0 radical (unpaired) electrons. The molecular weight excluding hydrogens is 394 g/mol.